The van der Waals surface area contributed by atoms with E-state index >= 15 is 0 Å². The Kier molecular flexibility index (Phi) is 7.51. The number of carbonyl (C=O) groups is 1. The van der Waals surface area contributed by atoms with E-state index in [2.05, 4.69) is 35.5 Å². The first-order chi connectivity index (χ1) is 16.5. The molecular weight excluding hydrogens is 456 g/mol. The Labute approximate surface area is 203 Å². The van der Waals surface area contributed by atoms with E-state index in [0.717, 1.165) is 18.7 Å². The minimum Gasteiger partial charge on any atom is -0.381 e. The third kappa shape index (κ3) is 5.58. The van der Waals surface area contributed by atoms with Crippen molar-refractivity contribution in [2.45, 2.75) is 20.3 Å². The molecule has 10 nitrogen and oxygen atoms in total. The predicted molar refractivity (Wildman–Crippen MR) is 132 cm³/mol. The van der Waals surface area contributed by atoms with Gasteiger partial charge in [0.05, 0.1) is 17.4 Å². The Morgan fingerprint density at radius 2 is 1.94 bits per heavy atom. The number of aliphatic hydroxyl groups excluding tert-OH is 1. The fourth-order valence-electron chi connectivity index (χ4n) is 3.58. The molecule has 1 amide bonds. The molecule has 178 valence electrons. The number of amides is 1. The highest BCUT2D eigenvalue weighted by Crippen LogP contribution is 2.26. The van der Waals surface area contributed by atoms with Gasteiger partial charge in [0.25, 0.3) is 5.91 Å². The summed E-state index contributed by atoms with van der Waals surface area (Å²) in [6.07, 6.45) is 2.20. The molecular formula is C23H27ClN8O2. The van der Waals surface area contributed by atoms with Crippen molar-refractivity contribution in [2.24, 2.45) is 0 Å². The number of rotatable bonds is 7. The van der Waals surface area contributed by atoms with Crippen LogP contribution in [0.2, 0.25) is 5.02 Å². The first-order valence-electron chi connectivity index (χ1n) is 11.1. The molecule has 1 aliphatic heterocycles. The molecule has 0 bridgehead atoms. The van der Waals surface area contributed by atoms with Crippen LogP contribution in [-0.2, 0) is 6.42 Å². The number of aromatic nitrogens is 4. The van der Waals surface area contributed by atoms with Crippen LogP contribution in [0.15, 0.2) is 36.5 Å². The number of anilines is 4. The average Bonchev–Trinajstić information content (AvgIpc) is 2.86. The van der Waals surface area contributed by atoms with Gasteiger partial charge in [0.2, 0.25) is 11.9 Å². The lowest BCUT2D eigenvalue weighted by atomic mass is 10.2. The van der Waals surface area contributed by atoms with Crippen LogP contribution < -0.4 is 15.5 Å². The van der Waals surface area contributed by atoms with Crippen molar-refractivity contribution in [1.82, 2.24) is 24.8 Å². The molecule has 11 heteroatoms. The standard InChI is InChI=1S/C23H27ClN8O2/c1-3-18-26-22(30-23(28-18)32-11-9-31(14-33)10-12-32)27-19-13-16(7-8-25-19)21(34)29-20-15(2)5-4-6-17(20)24/h4-8,13,33H,3,9-12,14H2,1-2H3,(H,29,34)(H,25,26,27,28,30). The molecule has 34 heavy (non-hydrogen) atoms. The van der Waals surface area contributed by atoms with Crippen LogP contribution in [0, 0.1) is 6.92 Å². The van der Waals surface area contributed by atoms with E-state index in [0.29, 0.717) is 59.3 Å². The number of carbonyl (C=O) groups excluding carboxylic acids is 1. The summed E-state index contributed by atoms with van der Waals surface area (Å²) in [5.74, 6) is 1.73. The van der Waals surface area contributed by atoms with E-state index in [-0.39, 0.29) is 12.6 Å². The van der Waals surface area contributed by atoms with E-state index in [1.807, 2.05) is 30.9 Å². The molecule has 0 aliphatic carbocycles. The smallest absolute Gasteiger partial charge is 0.255 e. The third-order valence-electron chi connectivity index (χ3n) is 5.56. The van der Waals surface area contributed by atoms with Crippen LogP contribution in [0.25, 0.3) is 0 Å². The van der Waals surface area contributed by atoms with E-state index in [4.69, 9.17) is 11.6 Å². The Morgan fingerprint density at radius 1 is 1.15 bits per heavy atom. The molecule has 1 aromatic carbocycles. The normalized spacial score (nSPS) is 14.2. The van der Waals surface area contributed by atoms with Crippen molar-refractivity contribution in [3.05, 3.63) is 58.5 Å². The number of hydrogen-bond donors (Lipinski definition) is 3. The summed E-state index contributed by atoms with van der Waals surface area (Å²) >= 11 is 6.24. The fraction of sp³-hybridized carbons (Fsp3) is 0.348. The Hall–Kier alpha value is -3.34. The van der Waals surface area contributed by atoms with Gasteiger partial charge in [-0.2, -0.15) is 15.0 Å². The van der Waals surface area contributed by atoms with Gasteiger partial charge in [-0.05, 0) is 30.7 Å². The molecule has 0 spiro atoms. The van der Waals surface area contributed by atoms with Crippen molar-refractivity contribution in [2.75, 3.05) is 48.4 Å². The molecule has 2 aromatic heterocycles. The molecule has 4 rings (SSSR count). The molecule has 1 aliphatic rings. The number of aliphatic hydroxyl groups is 1. The highest BCUT2D eigenvalue weighted by molar-refractivity contribution is 6.34. The van der Waals surface area contributed by atoms with Gasteiger partial charge >= 0.3 is 0 Å². The van der Waals surface area contributed by atoms with Gasteiger partial charge in [0.15, 0.2) is 0 Å². The second-order valence-corrected chi connectivity index (χ2v) is 8.32. The summed E-state index contributed by atoms with van der Waals surface area (Å²) in [4.78, 5) is 34.8. The van der Waals surface area contributed by atoms with Gasteiger partial charge in [0, 0.05) is 44.4 Å². The predicted octanol–water partition coefficient (Wildman–Crippen LogP) is 2.86. The van der Waals surface area contributed by atoms with Gasteiger partial charge in [-0.15, -0.1) is 0 Å². The number of nitrogens with one attached hydrogen (secondary N) is 2. The van der Waals surface area contributed by atoms with Gasteiger partial charge in [0.1, 0.15) is 11.6 Å². The summed E-state index contributed by atoms with van der Waals surface area (Å²) in [7, 11) is 0. The number of aryl methyl sites for hydroxylation is 2. The van der Waals surface area contributed by atoms with Crippen LogP contribution in [0.3, 0.4) is 0 Å². The molecule has 1 saturated heterocycles. The second kappa shape index (κ2) is 10.7. The first-order valence-corrected chi connectivity index (χ1v) is 11.5. The maximum absolute atomic E-state index is 12.8. The SMILES string of the molecule is CCc1nc(Nc2cc(C(=O)Nc3c(C)cccc3Cl)ccn2)nc(N2CCN(CO)CC2)n1. The van der Waals surface area contributed by atoms with E-state index < -0.39 is 0 Å². The molecule has 3 aromatic rings. The zero-order valence-corrected chi connectivity index (χ0v) is 19.9. The van der Waals surface area contributed by atoms with Crippen LogP contribution in [0.5, 0.6) is 0 Å². The number of nitrogens with zero attached hydrogens (tertiary/aromatic N) is 6. The van der Waals surface area contributed by atoms with Crippen LogP contribution in [0.4, 0.5) is 23.4 Å². The Bertz CT molecular complexity index is 1150. The zero-order chi connectivity index (χ0) is 24.1. The minimum absolute atomic E-state index is 0.0453. The zero-order valence-electron chi connectivity index (χ0n) is 19.1. The van der Waals surface area contributed by atoms with Crippen LogP contribution in [0.1, 0.15) is 28.7 Å². The van der Waals surface area contributed by atoms with Gasteiger partial charge < -0.3 is 20.6 Å². The maximum atomic E-state index is 12.8. The minimum atomic E-state index is -0.297. The summed E-state index contributed by atoms with van der Waals surface area (Å²) in [5, 5.41) is 15.8. The molecule has 0 radical (unpaired) electrons. The lowest BCUT2D eigenvalue weighted by Gasteiger charge is -2.33. The lowest BCUT2D eigenvalue weighted by Crippen LogP contribution is -2.47. The number of piperazine rings is 1. The van der Waals surface area contributed by atoms with E-state index in [9.17, 15) is 9.90 Å². The molecule has 0 saturated carbocycles. The molecule has 0 unspecified atom stereocenters. The Morgan fingerprint density at radius 3 is 2.65 bits per heavy atom. The quantitative estimate of drug-likeness (QED) is 0.466. The van der Waals surface area contributed by atoms with Gasteiger partial charge in [-0.1, -0.05) is 30.7 Å². The molecule has 1 fully saturated rings. The lowest BCUT2D eigenvalue weighted by molar-refractivity contribution is 0.101. The number of pyridine rings is 1. The highest BCUT2D eigenvalue weighted by atomic mass is 35.5. The number of para-hydroxylation sites is 1. The summed E-state index contributed by atoms with van der Waals surface area (Å²) < 4.78 is 0. The van der Waals surface area contributed by atoms with Crippen LogP contribution >= 0.6 is 11.6 Å². The van der Waals surface area contributed by atoms with Crippen LogP contribution in [-0.4, -0.2) is 68.8 Å². The summed E-state index contributed by atoms with van der Waals surface area (Å²) in [6.45, 7) is 6.79. The van der Waals surface area contributed by atoms with Crippen molar-refractivity contribution in [3.63, 3.8) is 0 Å². The highest BCUT2D eigenvalue weighted by Gasteiger charge is 2.20. The van der Waals surface area contributed by atoms with Gasteiger partial charge in [-0.3, -0.25) is 9.69 Å². The molecule has 0 atom stereocenters. The maximum Gasteiger partial charge on any atom is 0.255 e. The molecule has 3 heterocycles. The van der Waals surface area contributed by atoms with E-state index in [1.54, 1.807) is 24.4 Å². The second-order valence-electron chi connectivity index (χ2n) is 7.92. The number of hydrogen-bond acceptors (Lipinski definition) is 9. The van der Waals surface area contributed by atoms with Crippen molar-refractivity contribution >= 4 is 40.9 Å². The topological polar surface area (TPSA) is 119 Å². The number of benzene rings is 1. The van der Waals surface area contributed by atoms with E-state index in [1.165, 1.54) is 0 Å². The Balaban J connectivity index is 1.52. The van der Waals surface area contributed by atoms with Crippen molar-refractivity contribution in [3.8, 4) is 0 Å². The fourth-order valence-corrected chi connectivity index (χ4v) is 3.85. The van der Waals surface area contributed by atoms with Crippen molar-refractivity contribution in [1.29, 1.82) is 0 Å². The molecule has 3 N–H and O–H groups in total. The van der Waals surface area contributed by atoms with Gasteiger partial charge in [-0.25, -0.2) is 4.98 Å². The number of halogens is 1. The van der Waals surface area contributed by atoms with Crippen molar-refractivity contribution < 1.29 is 9.90 Å². The largest absolute Gasteiger partial charge is 0.381 e. The third-order valence-corrected chi connectivity index (χ3v) is 5.88. The summed E-state index contributed by atoms with van der Waals surface area (Å²) in [5.41, 5.74) is 1.87. The first kappa shape index (κ1) is 23.8. The monoisotopic (exact) mass is 482 g/mol. The average molecular weight is 483 g/mol. The summed E-state index contributed by atoms with van der Waals surface area (Å²) in [6, 6.07) is 8.72.